The van der Waals surface area contributed by atoms with E-state index in [4.69, 9.17) is 0 Å². The topological polar surface area (TPSA) is 126 Å². The van der Waals surface area contributed by atoms with Crippen molar-refractivity contribution in [1.29, 1.82) is 0 Å². The van der Waals surface area contributed by atoms with Gasteiger partial charge in [0.05, 0.1) is 17.5 Å². The Bertz CT molecular complexity index is 1520. The number of pyridine rings is 1. The fourth-order valence-corrected chi connectivity index (χ4v) is 8.34. The molecule has 2 N–H and O–H groups in total. The first-order valence-corrected chi connectivity index (χ1v) is 15.9. The number of carbonyl (C=O) groups is 3. The quantitative estimate of drug-likeness (QED) is 0.325. The van der Waals surface area contributed by atoms with Crippen molar-refractivity contribution in [2.75, 3.05) is 13.1 Å². The summed E-state index contributed by atoms with van der Waals surface area (Å²) in [4.78, 5) is 44.8. The van der Waals surface area contributed by atoms with Crippen LogP contribution in [0.15, 0.2) is 64.4 Å². The fourth-order valence-electron chi connectivity index (χ4n) is 4.20. The third kappa shape index (κ3) is 5.86. The maximum absolute atomic E-state index is 13.4. The van der Waals surface area contributed by atoms with Gasteiger partial charge in [-0.3, -0.25) is 14.4 Å². The highest BCUT2D eigenvalue weighted by Crippen LogP contribution is 2.30. The molecule has 38 heavy (non-hydrogen) atoms. The second-order valence-corrected chi connectivity index (χ2v) is 13.7. The lowest BCUT2D eigenvalue weighted by molar-refractivity contribution is -0.128. The molecule has 9 nitrogen and oxygen atoms in total. The summed E-state index contributed by atoms with van der Waals surface area (Å²) in [7, 11) is -3.94. The van der Waals surface area contributed by atoms with Gasteiger partial charge in [0.2, 0.25) is 5.91 Å². The summed E-state index contributed by atoms with van der Waals surface area (Å²) < 4.78 is 29.1. The largest absolute Gasteiger partial charge is 0.344 e. The normalized spacial score (nSPS) is 17.7. The number of nitrogens with zero attached hydrogens (tertiary/aromatic N) is 2. The van der Waals surface area contributed by atoms with Crippen LogP contribution in [0.25, 0.3) is 9.40 Å². The van der Waals surface area contributed by atoms with Gasteiger partial charge in [-0.2, -0.15) is 4.31 Å². The smallest absolute Gasteiger partial charge is 0.262 e. The van der Waals surface area contributed by atoms with Gasteiger partial charge < -0.3 is 10.6 Å². The standard InChI is InChI=1S/C25H24N4O5S4/c30-19-15-29(38(33,34)23-7-1-2-9-26-23)10-3-6-17(19)27-24(31)18(13-16-5-4-11-35-16)28-25(32)22-14-21-20(37-22)8-12-36-21/h1-2,4-5,7-9,11-12,14,17-18H,3,6,10,13,15H2,(H,27,31)(H,28,32)/t17?,18-/m0/s1. The van der Waals surface area contributed by atoms with Crippen LogP contribution in [0, 0.1) is 0 Å². The average Bonchev–Trinajstić information content (AvgIpc) is 3.63. The second kappa shape index (κ2) is 11.4. The summed E-state index contributed by atoms with van der Waals surface area (Å²) in [6.07, 6.45) is 2.34. The zero-order valence-corrected chi connectivity index (χ0v) is 23.3. The van der Waals surface area contributed by atoms with Crippen molar-refractivity contribution < 1.29 is 22.8 Å². The van der Waals surface area contributed by atoms with Gasteiger partial charge in [-0.25, -0.2) is 13.4 Å². The van der Waals surface area contributed by atoms with Crippen molar-refractivity contribution in [3.63, 3.8) is 0 Å². The van der Waals surface area contributed by atoms with Crippen molar-refractivity contribution in [2.24, 2.45) is 0 Å². The first-order valence-electron chi connectivity index (χ1n) is 11.9. The monoisotopic (exact) mass is 588 g/mol. The van der Waals surface area contributed by atoms with Gasteiger partial charge in [0.1, 0.15) is 6.04 Å². The van der Waals surface area contributed by atoms with E-state index < -0.39 is 33.8 Å². The summed E-state index contributed by atoms with van der Waals surface area (Å²) in [5.41, 5.74) is 0. The molecule has 1 saturated heterocycles. The minimum atomic E-state index is -3.94. The summed E-state index contributed by atoms with van der Waals surface area (Å²) in [6, 6.07) is 10.3. The van der Waals surface area contributed by atoms with Gasteiger partial charge >= 0.3 is 0 Å². The first kappa shape index (κ1) is 26.6. The van der Waals surface area contributed by atoms with E-state index in [1.165, 1.54) is 34.9 Å². The van der Waals surface area contributed by atoms with E-state index in [1.54, 1.807) is 23.5 Å². The van der Waals surface area contributed by atoms with Crippen molar-refractivity contribution in [3.8, 4) is 0 Å². The Balaban J connectivity index is 1.29. The number of fused-ring (bicyclic) bond motifs is 1. The molecule has 13 heteroatoms. The Morgan fingerprint density at radius 3 is 2.71 bits per heavy atom. The Labute approximate surface area is 231 Å². The maximum Gasteiger partial charge on any atom is 0.262 e. The molecule has 4 aromatic heterocycles. The number of hydrogen-bond acceptors (Lipinski definition) is 9. The molecule has 1 aliphatic heterocycles. The molecule has 0 bridgehead atoms. The zero-order valence-electron chi connectivity index (χ0n) is 20.0. The van der Waals surface area contributed by atoms with Crippen molar-refractivity contribution in [2.45, 2.75) is 36.4 Å². The summed E-state index contributed by atoms with van der Waals surface area (Å²) in [5.74, 6) is -1.24. The molecule has 4 aromatic rings. The van der Waals surface area contributed by atoms with Gasteiger partial charge in [0.15, 0.2) is 10.8 Å². The Morgan fingerprint density at radius 2 is 1.97 bits per heavy atom. The van der Waals surface area contributed by atoms with Crippen molar-refractivity contribution in [3.05, 3.63) is 69.2 Å². The van der Waals surface area contributed by atoms with Gasteiger partial charge in [-0.05, 0) is 53.9 Å². The Kier molecular flexibility index (Phi) is 8.00. The van der Waals surface area contributed by atoms with Crippen LogP contribution in [0.2, 0.25) is 0 Å². The molecule has 0 radical (unpaired) electrons. The summed E-state index contributed by atoms with van der Waals surface area (Å²) in [6.45, 7) is -0.223. The number of nitrogens with one attached hydrogen (secondary N) is 2. The molecule has 198 valence electrons. The number of amides is 2. The lowest BCUT2D eigenvalue weighted by atomic mass is 10.1. The van der Waals surface area contributed by atoms with Crippen LogP contribution in [0.4, 0.5) is 0 Å². The number of Topliss-reactive ketones (excluding diaryl/α,β-unsaturated/α-hetero) is 1. The van der Waals surface area contributed by atoms with Gasteiger partial charge in [-0.1, -0.05) is 12.1 Å². The molecule has 0 aromatic carbocycles. The van der Waals surface area contributed by atoms with Gasteiger partial charge in [-0.15, -0.1) is 34.0 Å². The van der Waals surface area contributed by atoms with E-state index in [0.29, 0.717) is 17.7 Å². The highest BCUT2D eigenvalue weighted by Gasteiger charge is 2.35. The molecule has 1 unspecified atom stereocenters. The number of rotatable bonds is 8. The fraction of sp³-hybridized carbons (Fsp3) is 0.280. The molecule has 1 fully saturated rings. The van der Waals surface area contributed by atoms with Crippen LogP contribution in [0.5, 0.6) is 0 Å². The van der Waals surface area contributed by atoms with Gasteiger partial charge in [0, 0.05) is 33.4 Å². The summed E-state index contributed by atoms with van der Waals surface area (Å²) in [5, 5.41) is 9.35. The number of carbonyl (C=O) groups excluding carboxylic acids is 3. The number of hydrogen-bond donors (Lipinski definition) is 2. The summed E-state index contributed by atoms with van der Waals surface area (Å²) >= 11 is 4.38. The number of aromatic nitrogens is 1. The predicted octanol–water partition coefficient (Wildman–Crippen LogP) is 3.30. The van der Waals surface area contributed by atoms with E-state index in [-0.39, 0.29) is 30.4 Å². The lowest BCUT2D eigenvalue weighted by Gasteiger charge is -2.22. The van der Waals surface area contributed by atoms with E-state index >= 15 is 0 Å². The zero-order chi connectivity index (χ0) is 26.7. The molecule has 2 atom stereocenters. The first-order chi connectivity index (χ1) is 18.3. The van der Waals surface area contributed by atoms with Crippen LogP contribution in [0.1, 0.15) is 27.4 Å². The van der Waals surface area contributed by atoms with E-state index in [9.17, 15) is 22.8 Å². The van der Waals surface area contributed by atoms with Crippen LogP contribution < -0.4 is 10.6 Å². The third-order valence-corrected chi connectivity index (χ3v) is 10.9. The molecule has 5 heterocycles. The predicted molar refractivity (Wildman–Crippen MR) is 148 cm³/mol. The minimum absolute atomic E-state index is 0.123. The lowest BCUT2D eigenvalue weighted by Crippen LogP contribution is -2.53. The highest BCUT2D eigenvalue weighted by atomic mass is 32.2. The Morgan fingerprint density at radius 1 is 1.11 bits per heavy atom. The van der Waals surface area contributed by atoms with Crippen LogP contribution in [-0.2, 0) is 26.0 Å². The van der Waals surface area contributed by atoms with E-state index in [1.807, 2.05) is 35.0 Å². The molecule has 2 amide bonds. The van der Waals surface area contributed by atoms with Gasteiger partial charge in [0.25, 0.3) is 15.9 Å². The molecule has 0 spiro atoms. The third-order valence-electron chi connectivity index (χ3n) is 6.15. The molecular formula is C25H24N4O5S4. The van der Waals surface area contributed by atoms with Crippen molar-refractivity contribution in [1.82, 2.24) is 19.9 Å². The molecule has 1 aliphatic rings. The van der Waals surface area contributed by atoms with E-state index in [2.05, 4.69) is 15.6 Å². The van der Waals surface area contributed by atoms with Crippen molar-refractivity contribution >= 4 is 71.0 Å². The molecule has 0 saturated carbocycles. The second-order valence-electron chi connectivity index (χ2n) is 8.75. The molecule has 5 rings (SSSR count). The highest BCUT2D eigenvalue weighted by molar-refractivity contribution is 7.89. The average molecular weight is 589 g/mol. The van der Waals surface area contributed by atoms with Crippen LogP contribution >= 0.6 is 34.0 Å². The van der Waals surface area contributed by atoms with E-state index in [0.717, 1.165) is 18.6 Å². The minimum Gasteiger partial charge on any atom is -0.344 e. The Hall–Kier alpha value is -2.97. The van der Waals surface area contributed by atoms with Crippen LogP contribution in [0.3, 0.4) is 0 Å². The van der Waals surface area contributed by atoms with Crippen LogP contribution in [-0.4, -0.2) is 60.5 Å². The molecular weight excluding hydrogens is 565 g/mol. The number of thiophene rings is 3. The molecule has 0 aliphatic carbocycles. The maximum atomic E-state index is 13.4. The SMILES string of the molecule is O=C(N[C@@H](Cc1cccs1)C(=O)NC1CCCN(S(=O)(=O)c2ccccn2)CC1=O)c1cc2sccc2s1. The number of sulfonamides is 1. The number of ketones is 1.